The van der Waals surface area contributed by atoms with E-state index in [1.54, 1.807) is 0 Å². The number of benzene rings is 3. The van der Waals surface area contributed by atoms with Gasteiger partial charge in [0.1, 0.15) is 0 Å². The van der Waals surface area contributed by atoms with Crippen molar-refractivity contribution in [1.29, 1.82) is 0 Å². The van der Waals surface area contributed by atoms with Gasteiger partial charge >= 0.3 is 6.01 Å². The molecule has 1 aromatic heterocycles. The lowest BCUT2D eigenvalue weighted by Gasteiger charge is -2.32. The molecule has 4 aromatic rings. The van der Waals surface area contributed by atoms with E-state index < -0.39 is 0 Å². The molecule has 1 N–H and O–H groups in total. The van der Waals surface area contributed by atoms with Gasteiger partial charge in [-0.1, -0.05) is 66.7 Å². The van der Waals surface area contributed by atoms with Gasteiger partial charge in [-0.3, -0.25) is 0 Å². The first kappa shape index (κ1) is 24.4. The summed E-state index contributed by atoms with van der Waals surface area (Å²) < 4.78 is 17.8. The van der Waals surface area contributed by atoms with Crippen molar-refractivity contribution in [2.45, 2.75) is 38.1 Å². The van der Waals surface area contributed by atoms with E-state index in [2.05, 4.69) is 69.9 Å². The number of hydrogen-bond donors (Lipinski definition) is 1. The van der Waals surface area contributed by atoms with Gasteiger partial charge in [0, 0.05) is 31.3 Å². The van der Waals surface area contributed by atoms with E-state index in [4.69, 9.17) is 14.2 Å². The van der Waals surface area contributed by atoms with Crippen LogP contribution in [-0.4, -0.2) is 42.4 Å². The van der Waals surface area contributed by atoms with E-state index in [0.717, 1.165) is 31.5 Å². The second kappa shape index (κ2) is 12.6. The summed E-state index contributed by atoms with van der Waals surface area (Å²) in [5.74, 6) is 0.257. The van der Waals surface area contributed by atoms with Gasteiger partial charge in [0.25, 0.3) is 0 Å². The first-order valence-electron chi connectivity index (χ1n) is 12.7. The molecule has 0 spiro atoms. The second-order valence-corrected chi connectivity index (χ2v) is 9.17. The Labute approximate surface area is 212 Å². The van der Waals surface area contributed by atoms with Crippen LogP contribution in [0.2, 0.25) is 0 Å². The maximum absolute atomic E-state index is 6.39. The molecule has 1 saturated heterocycles. The zero-order valence-electron chi connectivity index (χ0n) is 20.5. The number of rotatable bonds is 11. The summed E-state index contributed by atoms with van der Waals surface area (Å²) in [6.45, 7) is 4.15. The highest BCUT2D eigenvalue weighted by molar-refractivity contribution is 5.82. The quantitative estimate of drug-likeness (QED) is 0.293. The Morgan fingerprint density at radius 3 is 2.47 bits per heavy atom. The summed E-state index contributed by atoms with van der Waals surface area (Å²) in [4.78, 5) is 8.91. The molecule has 0 aliphatic carbocycles. The molecule has 5 rings (SSSR count). The highest BCUT2D eigenvalue weighted by Crippen LogP contribution is 2.28. The van der Waals surface area contributed by atoms with Gasteiger partial charge in [-0.25, -0.2) is 9.97 Å². The molecular weight excluding hydrogens is 450 g/mol. The van der Waals surface area contributed by atoms with E-state index in [0.29, 0.717) is 32.4 Å². The molecule has 1 fully saturated rings. The Kier molecular flexibility index (Phi) is 8.52. The van der Waals surface area contributed by atoms with Gasteiger partial charge in [0.2, 0.25) is 0 Å². The van der Waals surface area contributed by atoms with Crippen molar-refractivity contribution in [2.75, 3.05) is 26.3 Å². The first-order chi connectivity index (χ1) is 17.8. The van der Waals surface area contributed by atoms with Crippen LogP contribution in [0.3, 0.4) is 0 Å². The number of ether oxygens (including phenoxy) is 3. The minimum Gasteiger partial charge on any atom is -0.463 e. The van der Waals surface area contributed by atoms with Crippen LogP contribution in [0.15, 0.2) is 85.2 Å². The van der Waals surface area contributed by atoms with Gasteiger partial charge < -0.3 is 19.5 Å². The maximum Gasteiger partial charge on any atom is 0.316 e. The molecule has 1 aliphatic heterocycles. The van der Waals surface area contributed by atoms with Crippen molar-refractivity contribution in [3.05, 3.63) is 102 Å². The smallest absolute Gasteiger partial charge is 0.316 e. The van der Waals surface area contributed by atoms with Gasteiger partial charge in [0.15, 0.2) is 0 Å². The Balaban J connectivity index is 1.09. The van der Waals surface area contributed by atoms with Crippen molar-refractivity contribution in [3.63, 3.8) is 0 Å². The SMILES string of the molecule is c1ccc(COCCCOc2ncc([C@@H]3CCNC[C@H]3OCc3ccc4ccccc4c3)cn2)cc1. The summed E-state index contributed by atoms with van der Waals surface area (Å²) >= 11 is 0. The van der Waals surface area contributed by atoms with Crippen molar-refractivity contribution < 1.29 is 14.2 Å². The minimum absolute atomic E-state index is 0.0716. The van der Waals surface area contributed by atoms with Crippen molar-refractivity contribution in [1.82, 2.24) is 15.3 Å². The van der Waals surface area contributed by atoms with Crippen LogP contribution in [0, 0.1) is 0 Å². The molecule has 186 valence electrons. The molecular formula is C30H33N3O3. The van der Waals surface area contributed by atoms with Gasteiger partial charge in [-0.05, 0) is 46.5 Å². The lowest BCUT2D eigenvalue weighted by Crippen LogP contribution is -2.41. The second-order valence-electron chi connectivity index (χ2n) is 9.17. The van der Waals surface area contributed by atoms with E-state index in [9.17, 15) is 0 Å². The normalized spacial score (nSPS) is 17.8. The third-order valence-electron chi connectivity index (χ3n) is 6.56. The molecule has 2 atom stereocenters. The van der Waals surface area contributed by atoms with E-state index >= 15 is 0 Å². The van der Waals surface area contributed by atoms with Crippen LogP contribution >= 0.6 is 0 Å². The summed E-state index contributed by atoms with van der Waals surface area (Å²) in [5.41, 5.74) is 3.46. The number of aromatic nitrogens is 2. The largest absolute Gasteiger partial charge is 0.463 e. The van der Waals surface area contributed by atoms with Gasteiger partial charge in [0.05, 0.1) is 32.5 Å². The fourth-order valence-corrected chi connectivity index (χ4v) is 4.60. The highest BCUT2D eigenvalue weighted by Gasteiger charge is 2.28. The van der Waals surface area contributed by atoms with Crippen LogP contribution in [0.25, 0.3) is 10.8 Å². The molecule has 0 unspecified atom stereocenters. The molecule has 0 bridgehead atoms. The number of hydrogen-bond acceptors (Lipinski definition) is 6. The molecule has 0 amide bonds. The molecule has 3 aromatic carbocycles. The molecule has 6 nitrogen and oxygen atoms in total. The summed E-state index contributed by atoms with van der Waals surface area (Å²) in [6, 6.07) is 25.5. The predicted molar refractivity (Wildman–Crippen MR) is 141 cm³/mol. The minimum atomic E-state index is 0.0716. The van der Waals surface area contributed by atoms with E-state index in [1.807, 2.05) is 30.6 Å². The molecule has 0 saturated carbocycles. The highest BCUT2D eigenvalue weighted by atomic mass is 16.5. The van der Waals surface area contributed by atoms with Crippen molar-refractivity contribution in [3.8, 4) is 6.01 Å². The topological polar surface area (TPSA) is 65.5 Å². The summed E-state index contributed by atoms with van der Waals surface area (Å²) in [6.07, 6.45) is 5.62. The Morgan fingerprint density at radius 1 is 0.806 bits per heavy atom. The van der Waals surface area contributed by atoms with Gasteiger partial charge in [-0.2, -0.15) is 0 Å². The summed E-state index contributed by atoms with van der Waals surface area (Å²) in [7, 11) is 0. The van der Waals surface area contributed by atoms with E-state index in [-0.39, 0.29) is 12.0 Å². The molecule has 1 aliphatic rings. The zero-order chi connectivity index (χ0) is 24.4. The van der Waals surface area contributed by atoms with Crippen LogP contribution in [0.1, 0.15) is 35.4 Å². The monoisotopic (exact) mass is 483 g/mol. The van der Waals surface area contributed by atoms with Crippen molar-refractivity contribution >= 4 is 10.8 Å². The van der Waals surface area contributed by atoms with Crippen LogP contribution in [0.4, 0.5) is 0 Å². The number of piperidine rings is 1. The molecule has 6 heteroatoms. The average molecular weight is 484 g/mol. The number of nitrogens with one attached hydrogen (secondary N) is 1. The molecule has 2 heterocycles. The van der Waals surface area contributed by atoms with Gasteiger partial charge in [-0.15, -0.1) is 0 Å². The first-order valence-corrected chi connectivity index (χ1v) is 12.7. The Morgan fingerprint density at radius 2 is 1.61 bits per heavy atom. The fraction of sp³-hybridized carbons (Fsp3) is 0.333. The molecule has 36 heavy (non-hydrogen) atoms. The third kappa shape index (κ3) is 6.66. The standard InChI is InChI=1S/C30H33N3O3/c1-2-7-23(8-3-1)21-34-15-6-16-35-30-32-18-27(19-33-30)28-13-14-31-20-29(28)36-22-24-11-12-25-9-4-5-10-26(25)17-24/h1-5,7-12,17-19,28-29,31H,6,13-16,20-22H2/t28-,29+/m0/s1. The van der Waals surface area contributed by atoms with Crippen molar-refractivity contribution in [2.24, 2.45) is 0 Å². The average Bonchev–Trinajstić information content (AvgIpc) is 2.95. The van der Waals surface area contributed by atoms with Crippen LogP contribution in [0.5, 0.6) is 6.01 Å². The zero-order valence-corrected chi connectivity index (χ0v) is 20.5. The Bertz CT molecular complexity index is 1220. The predicted octanol–water partition coefficient (Wildman–Crippen LogP) is 5.28. The summed E-state index contributed by atoms with van der Waals surface area (Å²) in [5, 5.41) is 5.95. The maximum atomic E-state index is 6.39. The van der Waals surface area contributed by atoms with E-state index in [1.165, 1.54) is 21.9 Å². The third-order valence-corrected chi connectivity index (χ3v) is 6.56. The number of nitrogens with zero attached hydrogens (tertiary/aromatic N) is 2. The van der Waals surface area contributed by atoms with Crippen LogP contribution in [-0.2, 0) is 22.7 Å². The lowest BCUT2D eigenvalue weighted by atomic mass is 9.89. The van der Waals surface area contributed by atoms with Crippen LogP contribution < -0.4 is 10.1 Å². The molecule has 0 radical (unpaired) electrons. The Hall–Kier alpha value is -3.32. The number of fused-ring (bicyclic) bond motifs is 1. The lowest BCUT2D eigenvalue weighted by molar-refractivity contribution is 0.0105. The fourth-order valence-electron chi connectivity index (χ4n) is 4.60.